The minimum atomic E-state index is 0.121. The van der Waals surface area contributed by atoms with Crippen LogP contribution in [0, 0.1) is 23.2 Å². The summed E-state index contributed by atoms with van der Waals surface area (Å²) in [7, 11) is 0. The van der Waals surface area contributed by atoms with E-state index in [9.17, 15) is 5.26 Å². The highest BCUT2D eigenvalue weighted by molar-refractivity contribution is 5.65. The number of nitrogens with zero attached hydrogens (tertiary/aromatic N) is 4. The van der Waals surface area contributed by atoms with Crippen LogP contribution in [0.25, 0.3) is 0 Å². The van der Waals surface area contributed by atoms with E-state index in [2.05, 4.69) is 52.6 Å². The van der Waals surface area contributed by atoms with Gasteiger partial charge in [0.15, 0.2) is 0 Å². The zero-order valence-electron chi connectivity index (χ0n) is 18.5. The number of aromatic nitrogens is 2. The molecule has 0 aromatic carbocycles. The van der Waals surface area contributed by atoms with Gasteiger partial charge in [-0.3, -0.25) is 15.0 Å². The van der Waals surface area contributed by atoms with Gasteiger partial charge in [0.05, 0.1) is 11.6 Å². The number of pyridine rings is 2. The highest BCUT2D eigenvalue weighted by Gasteiger charge is 2.37. The molecule has 1 aliphatic carbocycles. The highest BCUT2D eigenvalue weighted by atomic mass is 14.7. The quantitative estimate of drug-likeness (QED) is 0.573. The molecular weight excluding hydrogens is 380 g/mol. The van der Waals surface area contributed by atoms with Crippen LogP contribution in [0.5, 0.6) is 0 Å². The van der Waals surface area contributed by atoms with Gasteiger partial charge in [0.2, 0.25) is 0 Å². The minimum absolute atomic E-state index is 0.121. The van der Waals surface area contributed by atoms with Crippen molar-refractivity contribution in [2.45, 2.75) is 45.4 Å². The Morgan fingerprint density at radius 2 is 1.90 bits per heavy atom. The van der Waals surface area contributed by atoms with Crippen molar-refractivity contribution in [3.63, 3.8) is 0 Å². The second kappa shape index (κ2) is 11.2. The normalized spacial score (nSPS) is 21.6. The molecule has 31 heavy (non-hydrogen) atoms. The maximum Gasteiger partial charge on any atom is 0.0991 e. The fourth-order valence-electron chi connectivity index (χ4n) is 4.49. The van der Waals surface area contributed by atoms with E-state index in [1.165, 1.54) is 5.56 Å². The van der Waals surface area contributed by atoms with Crippen LogP contribution in [0.4, 0.5) is 0 Å². The van der Waals surface area contributed by atoms with Gasteiger partial charge in [0, 0.05) is 54.5 Å². The third kappa shape index (κ3) is 5.24. The van der Waals surface area contributed by atoms with E-state index in [0.717, 1.165) is 29.7 Å². The second-order valence-corrected chi connectivity index (χ2v) is 7.65. The summed E-state index contributed by atoms with van der Waals surface area (Å²) >= 11 is 0. The van der Waals surface area contributed by atoms with Gasteiger partial charge in [-0.15, -0.1) is 0 Å². The van der Waals surface area contributed by atoms with Gasteiger partial charge in [-0.25, -0.2) is 0 Å². The van der Waals surface area contributed by atoms with Crippen LogP contribution >= 0.6 is 0 Å². The van der Waals surface area contributed by atoms with Gasteiger partial charge in [-0.05, 0) is 55.0 Å². The fraction of sp³-hybridized carbons (Fsp3) is 0.333. The molecule has 4 nitrogen and oxygen atoms in total. The molecule has 158 valence electrons. The van der Waals surface area contributed by atoms with Gasteiger partial charge in [-0.1, -0.05) is 44.2 Å². The molecule has 0 saturated carbocycles. The number of hydrogen-bond donors (Lipinski definition) is 0. The van der Waals surface area contributed by atoms with Crippen LogP contribution in [-0.2, 0) is 0 Å². The average molecular weight is 411 g/mol. The molecule has 2 aromatic rings. The Morgan fingerprint density at radius 3 is 2.55 bits per heavy atom. The first kappa shape index (κ1) is 22.4. The Morgan fingerprint density at radius 1 is 1.03 bits per heavy atom. The molecule has 0 saturated heterocycles. The van der Waals surface area contributed by atoms with Crippen molar-refractivity contribution in [2.24, 2.45) is 16.8 Å². The molecule has 4 heteroatoms. The highest BCUT2D eigenvalue weighted by Crippen LogP contribution is 2.46. The van der Waals surface area contributed by atoms with E-state index in [0.29, 0.717) is 0 Å². The molecule has 3 heterocycles. The zero-order valence-corrected chi connectivity index (χ0v) is 18.5. The van der Waals surface area contributed by atoms with Crippen LogP contribution in [0.15, 0.2) is 89.5 Å². The lowest BCUT2D eigenvalue weighted by Gasteiger charge is -2.37. The van der Waals surface area contributed by atoms with Gasteiger partial charge < -0.3 is 0 Å². The van der Waals surface area contributed by atoms with Crippen molar-refractivity contribution in [3.05, 3.63) is 95.8 Å². The van der Waals surface area contributed by atoms with Crippen LogP contribution in [0.3, 0.4) is 0 Å². The van der Waals surface area contributed by atoms with E-state index in [1.807, 2.05) is 63.8 Å². The third-order valence-corrected chi connectivity index (χ3v) is 5.91. The van der Waals surface area contributed by atoms with Crippen molar-refractivity contribution in [1.29, 1.82) is 5.26 Å². The molecule has 0 radical (unpaired) electrons. The molecule has 0 spiro atoms. The molecule has 0 fully saturated rings. The minimum Gasteiger partial charge on any atom is -0.269 e. The van der Waals surface area contributed by atoms with E-state index in [1.54, 1.807) is 0 Å². The SMILES string of the molecule is CC.CC1=CCC(C(c2ccccn2)C(c2cccnc2)C2C=NC=CC2)C=C1C#N. The second-order valence-electron chi connectivity index (χ2n) is 7.65. The molecule has 2 aromatic heterocycles. The lowest BCUT2D eigenvalue weighted by Crippen LogP contribution is -2.28. The number of nitriles is 1. The maximum absolute atomic E-state index is 9.62. The summed E-state index contributed by atoms with van der Waals surface area (Å²) in [5.74, 6) is 0.728. The Hall–Kier alpha value is -3.32. The predicted octanol–water partition coefficient (Wildman–Crippen LogP) is 6.39. The first-order chi connectivity index (χ1) is 15.3. The molecule has 2 aliphatic rings. The van der Waals surface area contributed by atoms with E-state index < -0.39 is 0 Å². The lowest BCUT2D eigenvalue weighted by atomic mass is 9.67. The third-order valence-electron chi connectivity index (χ3n) is 5.91. The number of hydrogen-bond acceptors (Lipinski definition) is 4. The van der Waals surface area contributed by atoms with Crippen molar-refractivity contribution in [1.82, 2.24) is 9.97 Å². The summed E-state index contributed by atoms with van der Waals surface area (Å²) in [5, 5.41) is 9.62. The van der Waals surface area contributed by atoms with Crippen LogP contribution in [0.1, 0.15) is 56.7 Å². The monoisotopic (exact) mass is 410 g/mol. The molecule has 1 aliphatic heterocycles. The largest absolute Gasteiger partial charge is 0.269 e. The van der Waals surface area contributed by atoms with Crippen LogP contribution in [-0.4, -0.2) is 16.2 Å². The Bertz CT molecular complexity index is 997. The summed E-state index contributed by atoms with van der Waals surface area (Å²) in [4.78, 5) is 13.6. The number of rotatable bonds is 5. The van der Waals surface area contributed by atoms with E-state index >= 15 is 0 Å². The Balaban J connectivity index is 0.00000132. The van der Waals surface area contributed by atoms with Crippen LogP contribution in [0.2, 0.25) is 0 Å². The van der Waals surface area contributed by atoms with Gasteiger partial charge in [0.25, 0.3) is 0 Å². The summed E-state index contributed by atoms with van der Waals surface area (Å²) in [6, 6.07) is 12.6. The van der Waals surface area contributed by atoms with Crippen molar-refractivity contribution in [2.75, 3.05) is 0 Å². The predicted molar refractivity (Wildman–Crippen MR) is 127 cm³/mol. The fourth-order valence-corrected chi connectivity index (χ4v) is 4.49. The molecule has 0 bridgehead atoms. The molecule has 0 N–H and O–H groups in total. The standard InChI is InChI=1S/C25H24N4.C2H6/c1-18-9-10-19(14-22(18)15-26)25(23-8-2-3-13-29-23)24(20-6-4-11-27-16-20)21-7-5-12-28-17-21;1-2/h2-6,8-9,11-14,16-17,19,21,24-25H,7,10H2,1H3;1-2H3. The summed E-state index contributed by atoms with van der Waals surface area (Å²) < 4.78 is 0. The van der Waals surface area contributed by atoms with Gasteiger partial charge >= 0.3 is 0 Å². The molecule has 4 atom stereocenters. The average Bonchev–Trinajstić information content (AvgIpc) is 2.86. The Kier molecular flexibility index (Phi) is 8.06. The van der Waals surface area contributed by atoms with Gasteiger partial charge in [-0.2, -0.15) is 5.26 Å². The molecule has 4 rings (SSSR count). The van der Waals surface area contributed by atoms with Crippen LogP contribution < -0.4 is 0 Å². The molecule has 4 unspecified atom stereocenters. The summed E-state index contributed by atoms with van der Waals surface area (Å²) in [5.41, 5.74) is 4.07. The van der Waals surface area contributed by atoms with Crippen molar-refractivity contribution < 1.29 is 0 Å². The molecular formula is C27H30N4. The first-order valence-electron chi connectivity index (χ1n) is 11.1. The maximum atomic E-state index is 9.62. The first-order valence-corrected chi connectivity index (χ1v) is 11.1. The smallest absolute Gasteiger partial charge is 0.0991 e. The van der Waals surface area contributed by atoms with Crippen molar-refractivity contribution >= 4 is 6.21 Å². The van der Waals surface area contributed by atoms with E-state index in [-0.39, 0.29) is 23.7 Å². The number of allylic oxidation sites excluding steroid dienone is 5. The zero-order chi connectivity index (χ0) is 22.1. The van der Waals surface area contributed by atoms with E-state index in [4.69, 9.17) is 4.98 Å². The summed E-state index contributed by atoms with van der Waals surface area (Å²) in [6.07, 6.45) is 17.9. The summed E-state index contributed by atoms with van der Waals surface area (Å²) in [6.45, 7) is 6.01. The molecule has 0 amide bonds. The lowest BCUT2D eigenvalue weighted by molar-refractivity contribution is 0.367. The Labute approximate surface area is 185 Å². The van der Waals surface area contributed by atoms with Crippen molar-refractivity contribution in [3.8, 4) is 6.07 Å². The van der Waals surface area contributed by atoms with Gasteiger partial charge in [0.1, 0.15) is 0 Å². The topological polar surface area (TPSA) is 61.9 Å². The number of aliphatic imine (C=N–C) groups is 1.